The molecule has 0 bridgehead atoms. The number of allylic oxidation sites excluding steroid dienone is 3. The van der Waals surface area contributed by atoms with Crippen LogP contribution in [0.15, 0.2) is 65.0 Å². The Morgan fingerprint density at radius 1 is 1.16 bits per heavy atom. The highest BCUT2D eigenvalue weighted by Crippen LogP contribution is 2.42. The first kappa shape index (κ1) is 20.8. The summed E-state index contributed by atoms with van der Waals surface area (Å²) in [5.41, 5.74) is 4.65. The van der Waals surface area contributed by atoms with Crippen LogP contribution in [0.3, 0.4) is 0 Å². The van der Waals surface area contributed by atoms with Gasteiger partial charge in [0, 0.05) is 40.6 Å². The highest BCUT2D eigenvalue weighted by Gasteiger charge is 2.38. The summed E-state index contributed by atoms with van der Waals surface area (Å²) in [6, 6.07) is 13.2. The number of anilines is 1. The second kappa shape index (κ2) is 8.76. The molecule has 2 aliphatic rings. The number of ether oxygens (including phenoxy) is 1. The predicted octanol–water partition coefficient (Wildman–Crippen LogP) is 4.40. The van der Waals surface area contributed by atoms with Gasteiger partial charge in [-0.25, -0.2) is 4.98 Å². The molecule has 1 atom stereocenters. The van der Waals surface area contributed by atoms with E-state index in [1.54, 1.807) is 6.07 Å². The number of ketones is 1. The third-order valence-corrected chi connectivity index (χ3v) is 5.67. The summed E-state index contributed by atoms with van der Waals surface area (Å²) in [6.07, 6.45) is 2.13. The highest BCUT2D eigenvalue weighted by molar-refractivity contribution is 6.09. The van der Waals surface area contributed by atoms with Crippen LogP contribution in [0.1, 0.15) is 50.3 Å². The topological polar surface area (TPSA) is 80.3 Å². The number of aryl methyl sites for hydroxylation is 1. The number of benzene rings is 1. The normalized spacial score (nSPS) is 18.4. The first-order valence-electron chi connectivity index (χ1n) is 10.7. The summed E-state index contributed by atoms with van der Waals surface area (Å²) < 4.78 is 5.57. The van der Waals surface area contributed by atoms with Crippen LogP contribution in [0, 0.1) is 6.92 Å². The first-order valence-corrected chi connectivity index (χ1v) is 10.7. The maximum absolute atomic E-state index is 13.4. The van der Waals surface area contributed by atoms with Gasteiger partial charge in [0.05, 0.1) is 6.61 Å². The largest absolute Gasteiger partial charge is 0.494 e. The number of dihydropyridines is 1. The van der Waals surface area contributed by atoms with Gasteiger partial charge in [-0.2, -0.15) is 0 Å². The van der Waals surface area contributed by atoms with Gasteiger partial charge in [0.1, 0.15) is 11.6 Å². The zero-order chi connectivity index (χ0) is 22.0. The molecule has 4 rings (SSSR count). The van der Waals surface area contributed by atoms with Gasteiger partial charge in [-0.05, 0) is 63.4 Å². The van der Waals surface area contributed by atoms with E-state index in [4.69, 9.17) is 4.74 Å². The molecule has 1 amide bonds. The summed E-state index contributed by atoms with van der Waals surface area (Å²) in [6.45, 7) is 6.29. The van der Waals surface area contributed by atoms with Crippen molar-refractivity contribution in [2.75, 3.05) is 11.9 Å². The van der Waals surface area contributed by atoms with Gasteiger partial charge in [-0.1, -0.05) is 18.2 Å². The number of nitrogens with zero attached hydrogens (tertiary/aromatic N) is 1. The lowest BCUT2D eigenvalue weighted by Crippen LogP contribution is -2.35. The van der Waals surface area contributed by atoms with Gasteiger partial charge < -0.3 is 15.4 Å². The zero-order valence-electron chi connectivity index (χ0n) is 18.1. The molecule has 0 saturated heterocycles. The van der Waals surface area contributed by atoms with Crippen LogP contribution < -0.4 is 15.4 Å². The smallest absolute Gasteiger partial charge is 0.255 e. The fourth-order valence-electron chi connectivity index (χ4n) is 4.34. The Hall–Kier alpha value is -3.41. The molecule has 1 aliphatic heterocycles. The molecule has 1 aromatic heterocycles. The minimum atomic E-state index is -0.426. The van der Waals surface area contributed by atoms with E-state index in [1.807, 2.05) is 57.2 Å². The van der Waals surface area contributed by atoms with Crippen molar-refractivity contribution in [3.8, 4) is 5.75 Å². The van der Waals surface area contributed by atoms with Crippen LogP contribution in [0.25, 0.3) is 0 Å². The van der Waals surface area contributed by atoms with Crippen molar-refractivity contribution in [3.05, 3.63) is 76.3 Å². The number of carbonyl (C=O) groups is 2. The van der Waals surface area contributed by atoms with Crippen molar-refractivity contribution in [3.63, 3.8) is 0 Å². The lowest BCUT2D eigenvalue weighted by atomic mass is 9.75. The molecule has 2 N–H and O–H groups in total. The van der Waals surface area contributed by atoms with Gasteiger partial charge in [-0.3, -0.25) is 9.59 Å². The van der Waals surface area contributed by atoms with E-state index in [-0.39, 0.29) is 11.7 Å². The average molecular weight is 418 g/mol. The molecule has 1 unspecified atom stereocenters. The number of carbonyl (C=O) groups excluding carboxylic acids is 2. The van der Waals surface area contributed by atoms with Crippen molar-refractivity contribution in [1.82, 2.24) is 10.3 Å². The quantitative estimate of drug-likeness (QED) is 0.754. The molecular weight excluding hydrogens is 390 g/mol. The van der Waals surface area contributed by atoms with Gasteiger partial charge in [0.15, 0.2) is 5.78 Å². The van der Waals surface area contributed by atoms with Crippen molar-refractivity contribution < 1.29 is 14.3 Å². The van der Waals surface area contributed by atoms with E-state index >= 15 is 0 Å². The number of pyridine rings is 1. The molecule has 1 aromatic carbocycles. The summed E-state index contributed by atoms with van der Waals surface area (Å²) in [7, 11) is 0. The van der Waals surface area contributed by atoms with Crippen molar-refractivity contribution >= 4 is 17.5 Å². The number of hydrogen-bond donors (Lipinski definition) is 2. The molecule has 0 saturated carbocycles. The second-order valence-corrected chi connectivity index (χ2v) is 7.89. The molecule has 0 radical (unpaired) electrons. The Bertz CT molecular complexity index is 1080. The average Bonchev–Trinajstić information content (AvgIpc) is 2.74. The van der Waals surface area contributed by atoms with Crippen LogP contribution in [0.4, 0.5) is 5.82 Å². The van der Waals surface area contributed by atoms with Crippen LogP contribution in [0.5, 0.6) is 5.75 Å². The van der Waals surface area contributed by atoms with E-state index in [9.17, 15) is 9.59 Å². The second-order valence-electron chi connectivity index (χ2n) is 7.89. The Kier molecular flexibility index (Phi) is 5.89. The van der Waals surface area contributed by atoms with E-state index in [0.717, 1.165) is 41.2 Å². The summed E-state index contributed by atoms with van der Waals surface area (Å²) in [4.78, 5) is 30.8. The fourth-order valence-corrected chi connectivity index (χ4v) is 4.34. The van der Waals surface area contributed by atoms with Gasteiger partial charge in [0.2, 0.25) is 0 Å². The Labute approximate surface area is 182 Å². The number of rotatable bonds is 5. The molecule has 0 fully saturated rings. The summed E-state index contributed by atoms with van der Waals surface area (Å²) in [5, 5.41) is 6.26. The lowest BCUT2D eigenvalue weighted by molar-refractivity contribution is -0.116. The van der Waals surface area contributed by atoms with E-state index in [0.29, 0.717) is 30.0 Å². The Morgan fingerprint density at radius 2 is 1.94 bits per heavy atom. The summed E-state index contributed by atoms with van der Waals surface area (Å²) >= 11 is 0. The van der Waals surface area contributed by atoms with Crippen LogP contribution in [-0.4, -0.2) is 23.3 Å². The third-order valence-electron chi connectivity index (χ3n) is 5.67. The van der Waals surface area contributed by atoms with Crippen LogP contribution >= 0.6 is 0 Å². The zero-order valence-corrected chi connectivity index (χ0v) is 18.1. The molecule has 31 heavy (non-hydrogen) atoms. The number of amides is 1. The molecule has 0 spiro atoms. The highest BCUT2D eigenvalue weighted by atomic mass is 16.5. The first-order chi connectivity index (χ1) is 15.0. The molecule has 6 heteroatoms. The van der Waals surface area contributed by atoms with Crippen molar-refractivity contribution in [2.24, 2.45) is 0 Å². The van der Waals surface area contributed by atoms with Crippen molar-refractivity contribution in [2.45, 2.75) is 46.0 Å². The van der Waals surface area contributed by atoms with E-state index in [2.05, 4.69) is 15.6 Å². The fraction of sp³-hybridized carbons (Fsp3) is 0.320. The number of Topliss-reactive ketones (excluding diaryl/α,β-unsaturated/α-hetero) is 1. The number of nitrogens with one attached hydrogen (secondary N) is 2. The standard InChI is InChI=1S/C25H27N3O3/c1-4-31-18-13-11-17(12-14-18)23-22(25(30)28-21-10-5-7-15(2)26-21)16(3)27-19-8-6-9-20(29)24(19)23/h5,7,10-14,23,27H,4,6,8-9H2,1-3H3,(H,26,28,30). The predicted molar refractivity (Wildman–Crippen MR) is 120 cm³/mol. The monoisotopic (exact) mass is 417 g/mol. The SMILES string of the molecule is CCOc1ccc(C2C(C(=O)Nc3cccc(C)n3)=C(C)NC3=C2C(=O)CCC3)cc1. The molecular formula is C25H27N3O3. The molecule has 2 aromatic rings. The molecule has 6 nitrogen and oxygen atoms in total. The maximum Gasteiger partial charge on any atom is 0.255 e. The molecule has 1 aliphatic carbocycles. The van der Waals surface area contributed by atoms with E-state index in [1.165, 1.54) is 0 Å². The third kappa shape index (κ3) is 4.24. The molecule has 2 heterocycles. The number of hydrogen-bond acceptors (Lipinski definition) is 5. The molecule has 160 valence electrons. The minimum absolute atomic E-state index is 0.0964. The number of aromatic nitrogens is 1. The lowest BCUT2D eigenvalue weighted by Gasteiger charge is -2.34. The summed E-state index contributed by atoms with van der Waals surface area (Å²) in [5.74, 6) is 0.668. The minimum Gasteiger partial charge on any atom is -0.494 e. The van der Waals surface area contributed by atoms with Gasteiger partial charge >= 0.3 is 0 Å². The van der Waals surface area contributed by atoms with Crippen molar-refractivity contribution in [1.29, 1.82) is 0 Å². The van der Waals surface area contributed by atoms with E-state index < -0.39 is 5.92 Å². The Balaban J connectivity index is 1.75. The Morgan fingerprint density at radius 3 is 2.65 bits per heavy atom. The maximum atomic E-state index is 13.4. The van der Waals surface area contributed by atoms with Gasteiger partial charge in [-0.15, -0.1) is 0 Å². The van der Waals surface area contributed by atoms with Crippen LogP contribution in [0.2, 0.25) is 0 Å². The van der Waals surface area contributed by atoms with Gasteiger partial charge in [0.25, 0.3) is 5.91 Å². The van der Waals surface area contributed by atoms with Crippen LogP contribution in [-0.2, 0) is 9.59 Å².